The SMILES string of the molecule is CCN1C(=O)C(O)(CC(=O)c2cccs2)c2ccccc21. The molecule has 2 heterocycles. The van der Waals surface area contributed by atoms with Gasteiger partial charge in [-0.15, -0.1) is 11.3 Å². The van der Waals surface area contributed by atoms with Crippen LogP contribution in [0.3, 0.4) is 0 Å². The summed E-state index contributed by atoms with van der Waals surface area (Å²) in [7, 11) is 0. The molecule has 21 heavy (non-hydrogen) atoms. The highest BCUT2D eigenvalue weighted by molar-refractivity contribution is 7.12. The molecule has 1 atom stereocenters. The summed E-state index contributed by atoms with van der Waals surface area (Å²) in [4.78, 5) is 26.9. The Kier molecular flexibility index (Phi) is 3.39. The van der Waals surface area contributed by atoms with Crippen LogP contribution in [0.2, 0.25) is 0 Å². The fourth-order valence-electron chi connectivity index (χ4n) is 2.75. The number of ketones is 1. The summed E-state index contributed by atoms with van der Waals surface area (Å²) >= 11 is 1.32. The van der Waals surface area contributed by atoms with Crippen LogP contribution in [0, 0.1) is 0 Å². The van der Waals surface area contributed by atoms with Gasteiger partial charge in [-0.25, -0.2) is 0 Å². The van der Waals surface area contributed by atoms with Crippen LogP contribution in [0.15, 0.2) is 41.8 Å². The number of likely N-dealkylation sites (N-methyl/N-ethyl adjacent to an activating group) is 1. The Labute approximate surface area is 126 Å². The average Bonchev–Trinajstić information content (AvgIpc) is 3.08. The first-order valence-corrected chi connectivity index (χ1v) is 7.66. The second-order valence-electron chi connectivity index (χ2n) is 5.00. The molecule has 1 aromatic heterocycles. The fraction of sp³-hybridized carbons (Fsp3) is 0.250. The third-order valence-electron chi connectivity index (χ3n) is 3.77. The van der Waals surface area contributed by atoms with E-state index in [2.05, 4.69) is 0 Å². The second kappa shape index (κ2) is 5.09. The minimum absolute atomic E-state index is 0.214. The lowest BCUT2D eigenvalue weighted by Crippen LogP contribution is -2.41. The molecule has 0 aliphatic carbocycles. The maximum absolute atomic E-state index is 12.5. The lowest BCUT2D eigenvalue weighted by Gasteiger charge is -2.21. The maximum atomic E-state index is 12.5. The van der Waals surface area contributed by atoms with Crippen molar-refractivity contribution in [1.29, 1.82) is 0 Å². The van der Waals surface area contributed by atoms with E-state index in [1.165, 1.54) is 16.2 Å². The molecule has 1 aromatic carbocycles. The number of benzene rings is 1. The molecular weight excluding hydrogens is 286 g/mol. The van der Waals surface area contributed by atoms with Crippen molar-refractivity contribution in [2.45, 2.75) is 18.9 Å². The van der Waals surface area contributed by atoms with Crippen molar-refractivity contribution in [2.75, 3.05) is 11.4 Å². The van der Waals surface area contributed by atoms with E-state index in [0.717, 1.165) is 0 Å². The summed E-state index contributed by atoms with van der Waals surface area (Å²) in [6.45, 7) is 2.31. The zero-order chi connectivity index (χ0) is 15.0. The molecular formula is C16H15NO3S. The van der Waals surface area contributed by atoms with Gasteiger partial charge >= 0.3 is 0 Å². The van der Waals surface area contributed by atoms with E-state index in [9.17, 15) is 14.7 Å². The monoisotopic (exact) mass is 301 g/mol. The van der Waals surface area contributed by atoms with E-state index in [4.69, 9.17) is 0 Å². The lowest BCUT2D eigenvalue weighted by atomic mass is 9.89. The molecule has 108 valence electrons. The first kappa shape index (κ1) is 14.0. The number of nitrogens with zero attached hydrogens (tertiary/aromatic N) is 1. The largest absolute Gasteiger partial charge is 0.375 e. The van der Waals surface area contributed by atoms with Crippen molar-refractivity contribution in [3.05, 3.63) is 52.2 Å². The van der Waals surface area contributed by atoms with Gasteiger partial charge in [0.25, 0.3) is 5.91 Å². The predicted molar refractivity (Wildman–Crippen MR) is 81.6 cm³/mol. The number of carbonyl (C=O) groups excluding carboxylic acids is 2. The minimum Gasteiger partial charge on any atom is -0.375 e. The molecule has 5 heteroatoms. The van der Waals surface area contributed by atoms with Crippen LogP contribution in [0.25, 0.3) is 0 Å². The van der Waals surface area contributed by atoms with Crippen LogP contribution in [-0.2, 0) is 10.4 Å². The van der Waals surface area contributed by atoms with Gasteiger partial charge < -0.3 is 10.0 Å². The Hall–Kier alpha value is -1.98. The van der Waals surface area contributed by atoms with Crippen molar-refractivity contribution in [1.82, 2.24) is 0 Å². The summed E-state index contributed by atoms with van der Waals surface area (Å²) < 4.78 is 0. The quantitative estimate of drug-likeness (QED) is 0.883. The highest BCUT2D eigenvalue weighted by atomic mass is 32.1. The molecule has 0 bridgehead atoms. The van der Waals surface area contributed by atoms with Crippen molar-refractivity contribution < 1.29 is 14.7 Å². The molecule has 1 aliphatic heterocycles. The molecule has 1 aliphatic rings. The molecule has 1 unspecified atom stereocenters. The van der Waals surface area contributed by atoms with E-state index < -0.39 is 11.5 Å². The number of aliphatic hydroxyl groups is 1. The Morgan fingerprint density at radius 1 is 1.29 bits per heavy atom. The standard InChI is InChI=1S/C16H15NO3S/c1-2-17-12-7-4-3-6-11(12)16(20,15(17)19)10-13(18)14-8-5-9-21-14/h3-9,20H,2,10H2,1H3. The Morgan fingerprint density at radius 2 is 2.05 bits per heavy atom. The van der Waals surface area contributed by atoms with Crippen molar-refractivity contribution in [3.8, 4) is 0 Å². The minimum atomic E-state index is -1.76. The number of para-hydroxylation sites is 1. The molecule has 1 N–H and O–H groups in total. The molecule has 1 amide bonds. The summed E-state index contributed by atoms with van der Waals surface area (Å²) in [5.41, 5.74) is -0.554. The van der Waals surface area contributed by atoms with Crippen molar-refractivity contribution in [3.63, 3.8) is 0 Å². The molecule has 2 aromatic rings. The summed E-state index contributed by atoms with van der Waals surface area (Å²) in [5, 5.41) is 12.7. The van der Waals surface area contributed by atoms with Crippen LogP contribution >= 0.6 is 11.3 Å². The zero-order valence-corrected chi connectivity index (χ0v) is 12.4. The number of hydrogen-bond donors (Lipinski definition) is 1. The van der Waals surface area contributed by atoms with E-state index >= 15 is 0 Å². The van der Waals surface area contributed by atoms with E-state index in [-0.39, 0.29) is 12.2 Å². The number of thiophene rings is 1. The van der Waals surface area contributed by atoms with Crippen LogP contribution in [0.5, 0.6) is 0 Å². The number of hydrogen-bond acceptors (Lipinski definition) is 4. The zero-order valence-electron chi connectivity index (χ0n) is 11.6. The normalized spacial score (nSPS) is 20.7. The average molecular weight is 301 g/mol. The van der Waals surface area contributed by atoms with Crippen molar-refractivity contribution in [2.24, 2.45) is 0 Å². The number of rotatable bonds is 4. The highest BCUT2D eigenvalue weighted by Crippen LogP contribution is 2.42. The van der Waals surface area contributed by atoms with Crippen LogP contribution in [0.4, 0.5) is 5.69 Å². The molecule has 0 saturated carbocycles. The van der Waals surface area contributed by atoms with Crippen LogP contribution < -0.4 is 4.90 Å². The third-order valence-corrected chi connectivity index (χ3v) is 4.68. The highest BCUT2D eigenvalue weighted by Gasteiger charge is 2.50. The summed E-state index contributed by atoms with van der Waals surface area (Å²) in [6, 6.07) is 10.6. The van der Waals surface area contributed by atoms with Gasteiger partial charge in [-0.2, -0.15) is 0 Å². The van der Waals surface area contributed by atoms with Gasteiger partial charge in [-0.3, -0.25) is 9.59 Å². The van der Waals surface area contributed by atoms with Gasteiger partial charge in [0.2, 0.25) is 0 Å². The second-order valence-corrected chi connectivity index (χ2v) is 5.95. The van der Waals surface area contributed by atoms with Crippen LogP contribution in [-0.4, -0.2) is 23.3 Å². The number of Topliss-reactive ketones (excluding diaryl/α,β-unsaturated/α-hetero) is 1. The molecule has 0 fully saturated rings. The summed E-state index contributed by atoms with van der Waals surface area (Å²) in [6.07, 6.45) is -0.222. The van der Waals surface area contributed by atoms with Crippen molar-refractivity contribution >= 4 is 28.7 Å². The number of fused-ring (bicyclic) bond motifs is 1. The Balaban J connectivity index is 2.00. The molecule has 4 nitrogen and oxygen atoms in total. The van der Waals surface area contributed by atoms with E-state index in [1.54, 1.807) is 35.7 Å². The summed E-state index contributed by atoms with van der Waals surface area (Å²) in [5.74, 6) is -0.635. The maximum Gasteiger partial charge on any atom is 0.264 e. The predicted octanol–water partition coefficient (Wildman–Crippen LogP) is 2.58. The van der Waals surface area contributed by atoms with Gasteiger partial charge in [0.05, 0.1) is 17.0 Å². The number of carbonyl (C=O) groups is 2. The van der Waals surface area contributed by atoms with E-state index in [0.29, 0.717) is 22.7 Å². The fourth-order valence-corrected chi connectivity index (χ4v) is 3.41. The third kappa shape index (κ3) is 2.09. The lowest BCUT2D eigenvalue weighted by molar-refractivity contribution is -0.135. The molecule has 0 spiro atoms. The smallest absolute Gasteiger partial charge is 0.264 e. The van der Waals surface area contributed by atoms with Gasteiger partial charge in [-0.05, 0) is 24.4 Å². The van der Waals surface area contributed by atoms with Gasteiger partial charge in [0.15, 0.2) is 11.4 Å². The first-order valence-electron chi connectivity index (χ1n) is 6.78. The molecule has 3 rings (SSSR count). The number of amides is 1. The Bertz CT molecular complexity index is 695. The first-order chi connectivity index (χ1) is 10.1. The molecule has 0 saturated heterocycles. The molecule has 0 radical (unpaired) electrons. The Morgan fingerprint density at radius 3 is 2.71 bits per heavy atom. The van der Waals surface area contributed by atoms with Gasteiger partial charge in [0.1, 0.15) is 0 Å². The topological polar surface area (TPSA) is 57.6 Å². The van der Waals surface area contributed by atoms with E-state index in [1.807, 2.05) is 13.0 Å². The number of anilines is 1. The van der Waals surface area contributed by atoms with Crippen LogP contribution in [0.1, 0.15) is 28.6 Å². The van der Waals surface area contributed by atoms with Gasteiger partial charge in [0, 0.05) is 12.1 Å². The van der Waals surface area contributed by atoms with Gasteiger partial charge in [-0.1, -0.05) is 24.3 Å².